The third-order valence-corrected chi connectivity index (χ3v) is 3.93. The van der Waals surface area contributed by atoms with E-state index in [2.05, 4.69) is 15.5 Å². The lowest BCUT2D eigenvalue weighted by molar-refractivity contribution is -0.149. The molecule has 1 aliphatic carbocycles. The highest BCUT2D eigenvalue weighted by molar-refractivity contribution is 6.06. The van der Waals surface area contributed by atoms with Crippen molar-refractivity contribution in [1.82, 2.24) is 20.2 Å². The first-order valence-electron chi connectivity index (χ1n) is 7.70. The molecule has 0 spiro atoms. The summed E-state index contributed by atoms with van der Waals surface area (Å²) >= 11 is 0. The summed E-state index contributed by atoms with van der Waals surface area (Å²) in [6.07, 6.45) is 3.95. The lowest BCUT2D eigenvalue weighted by Crippen LogP contribution is -2.23. The summed E-state index contributed by atoms with van der Waals surface area (Å²) in [5.41, 5.74) is 1.54. The van der Waals surface area contributed by atoms with Gasteiger partial charge in [0.05, 0.1) is 0 Å². The lowest BCUT2D eigenvalue weighted by Gasteiger charge is -2.11. The van der Waals surface area contributed by atoms with E-state index in [9.17, 15) is 9.59 Å². The summed E-state index contributed by atoms with van der Waals surface area (Å²) in [7, 11) is 0. The van der Waals surface area contributed by atoms with Gasteiger partial charge in [-0.1, -0.05) is 29.8 Å². The molecule has 1 heterocycles. The van der Waals surface area contributed by atoms with Crippen LogP contribution in [0.15, 0.2) is 24.3 Å². The van der Waals surface area contributed by atoms with Gasteiger partial charge in [-0.3, -0.25) is 9.59 Å². The van der Waals surface area contributed by atoms with E-state index in [0.29, 0.717) is 5.56 Å². The predicted molar refractivity (Wildman–Crippen MR) is 80.8 cm³/mol. The number of carbonyl (C=O) groups is 2. The molecule has 0 aliphatic heterocycles. The Bertz CT molecular complexity index is 702. The first-order valence-corrected chi connectivity index (χ1v) is 7.70. The number of esters is 1. The Morgan fingerprint density at radius 3 is 2.61 bits per heavy atom. The van der Waals surface area contributed by atoms with Crippen molar-refractivity contribution in [3.05, 3.63) is 41.2 Å². The number of nitrogens with zero attached hydrogens (tertiary/aromatic N) is 4. The van der Waals surface area contributed by atoms with Gasteiger partial charge in [-0.15, -0.1) is 5.10 Å². The standard InChI is InChI=1S/C16H18N4O3/c1-11-6-8-12(9-7-11)15(22)16-17-18-19-20(16)10-14(21)23-13-4-2-3-5-13/h6-9,13H,2-5,10H2,1H3. The number of benzene rings is 1. The Hall–Kier alpha value is -2.57. The third kappa shape index (κ3) is 3.61. The number of carbonyl (C=O) groups excluding carboxylic acids is 2. The second-order valence-corrected chi connectivity index (χ2v) is 5.75. The molecule has 0 N–H and O–H groups in total. The first-order chi connectivity index (χ1) is 11.1. The van der Waals surface area contributed by atoms with Crippen LogP contribution < -0.4 is 0 Å². The smallest absolute Gasteiger partial charge is 0.328 e. The van der Waals surface area contributed by atoms with Crippen molar-refractivity contribution < 1.29 is 14.3 Å². The van der Waals surface area contributed by atoms with Gasteiger partial charge in [0.1, 0.15) is 12.6 Å². The van der Waals surface area contributed by atoms with E-state index >= 15 is 0 Å². The summed E-state index contributed by atoms with van der Waals surface area (Å²) in [4.78, 5) is 24.4. The van der Waals surface area contributed by atoms with Gasteiger partial charge in [-0.05, 0) is 43.0 Å². The molecule has 3 rings (SSSR count). The fourth-order valence-electron chi connectivity index (χ4n) is 2.66. The van der Waals surface area contributed by atoms with Crippen LogP contribution in [0.3, 0.4) is 0 Å². The van der Waals surface area contributed by atoms with Gasteiger partial charge in [0.15, 0.2) is 0 Å². The highest BCUT2D eigenvalue weighted by Crippen LogP contribution is 2.21. The van der Waals surface area contributed by atoms with Crippen molar-refractivity contribution in [3.8, 4) is 0 Å². The number of rotatable bonds is 5. The van der Waals surface area contributed by atoms with E-state index in [1.165, 1.54) is 4.68 Å². The summed E-state index contributed by atoms with van der Waals surface area (Å²) in [5.74, 6) is -0.692. The van der Waals surface area contributed by atoms with Gasteiger partial charge in [-0.25, -0.2) is 4.68 Å². The maximum Gasteiger partial charge on any atom is 0.328 e. The minimum Gasteiger partial charge on any atom is -0.461 e. The molecule has 7 heteroatoms. The lowest BCUT2D eigenvalue weighted by atomic mass is 10.1. The van der Waals surface area contributed by atoms with E-state index in [-0.39, 0.29) is 24.3 Å². The predicted octanol–water partition coefficient (Wildman–Crippen LogP) is 1.70. The minimum atomic E-state index is -0.415. The average molecular weight is 314 g/mol. The van der Waals surface area contributed by atoms with Crippen molar-refractivity contribution >= 4 is 11.8 Å². The quantitative estimate of drug-likeness (QED) is 0.616. The summed E-state index contributed by atoms with van der Waals surface area (Å²) in [5, 5.41) is 11.0. The summed E-state index contributed by atoms with van der Waals surface area (Å²) < 4.78 is 6.57. The molecule has 1 saturated carbocycles. The summed E-state index contributed by atoms with van der Waals surface area (Å²) in [6.45, 7) is 1.79. The Balaban J connectivity index is 1.70. The molecule has 0 saturated heterocycles. The van der Waals surface area contributed by atoms with E-state index in [0.717, 1.165) is 31.2 Å². The Labute approximate surface area is 133 Å². The molecule has 2 aromatic rings. The number of aromatic nitrogens is 4. The van der Waals surface area contributed by atoms with Crippen molar-refractivity contribution in [2.75, 3.05) is 0 Å². The molecule has 0 radical (unpaired) electrons. The normalized spacial score (nSPS) is 14.8. The fraction of sp³-hybridized carbons (Fsp3) is 0.438. The largest absolute Gasteiger partial charge is 0.461 e. The number of tetrazole rings is 1. The van der Waals surface area contributed by atoms with Crippen LogP contribution in [0, 0.1) is 6.92 Å². The number of ketones is 1. The molecule has 120 valence electrons. The second kappa shape index (κ2) is 6.68. The monoisotopic (exact) mass is 314 g/mol. The average Bonchev–Trinajstić information content (AvgIpc) is 3.19. The highest BCUT2D eigenvalue weighted by atomic mass is 16.5. The zero-order chi connectivity index (χ0) is 16.2. The van der Waals surface area contributed by atoms with Gasteiger partial charge in [0, 0.05) is 5.56 Å². The molecule has 0 amide bonds. The van der Waals surface area contributed by atoms with Crippen LogP contribution in [0.2, 0.25) is 0 Å². The maximum atomic E-state index is 12.5. The third-order valence-electron chi connectivity index (χ3n) is 3.93. The maximum absolute atomic E-state index is 12.5. The topological polar surface area (TPSA) is 87.0 Å². The van der Waals surface area contributed by atoms with Crippen LogP contribution in [-0.4, -0.2) is 38.1 Å². The molecule has 0 bridgehead atoms. The zero-order valence-electron chi connectivity index (χ0n) is 12.9. The second-order valence-electron chi connectivity index (χ2n) is 5.75. The van der Waals surface area contributed by atoms with Gasteiger partial charge < -0.3 is 4.74 Å². The first kappa shape index (κ1) is 15.3. The molecule has 0 atom stereocenters. The van der Waals surface area contributed by atoms with E-state index in [1.807, 2.05) is 19.1 Å². The van der Waals surface area contributed by atoms with Gasteiger partial charge in [-0.2, -0.15) is 0 Å². The fourth-order valence-corrected chi connectivity index (χ4v) is 2.66. The molecule has 7 nitrogen and oxygen atoms in total. The van der Waals surface area contributed by atoms with E-state index in [4.69, 9.17) is 4.74 Å². The Morgan fingerprint density at radius 2 is 1.91 bits per heavy atom. The van der Waals surface area contributed by atoms with Crippen LogP contribution >= 0.6 is 0 Å². The highest BCUT2D eigenvalue weighted by Gasteiger charge is 2.23. The van der Waals surface area contributed by atoms with E-state index in [1.54, 1.807) is 12.1 Å². The Kier molecular flexibility index (Phi) is 4.45. The van der Waals surface area contributed by atoms with Crippen LogP contribution in [0.1, 0.15) is 47.4 Å². The van der Waals surface area contributed by atoms with Crippen LogP contribution in [0.5, 0.6) is 0 Å². The molecule has 1 aromatic heterocycles. The van der Waals surface area contributed by atoms with Crippen molar-refractivity contribution in [2.24, 2.45) is 0 Å². The Morgan fingerprint density at radius 1 is 1.22 bits per heavy atom. The van der Waals surface area contributed by atoms with Crippen molar-refractivity contribution in [3.63, 3.8) is 0 Å². The molecule has 1 fully saturated rings. The number of aryl methyl sites for hydroxylation is 1. The SMILES string of the molecule is Cc1ccc(C(=O)c2nnnn2CC(=O)OC2CCCC2)cc1. The molecular weight excluding hydrogens is 296 g/mol. The van der Waals surface area contributed by atoms with Crippen LogP contribution in [-0.2, 0) is 16.1 Å². The van der Waals surface area contributed by atoms with E-state index < -0.39 is 5.97 Å². The summed E-state index contributed by atoms with van der Waals surface area (Å²) in [6, 6.07) is 7.12. The minimum absolute atomic E-state index is 0.0183. The van der Waals surface area contributed by atoms with Crippen molar-refractivity contribution in [1.29, 1.82) is 0 Å². The van der Waals surface area contributed by atoms with Gasteiger partial charge in [0.2, 0.25) is 11.6 Å². The van der Waals surface area contributed by atoms with Crippen LogP contribution in [0.25, 0.3) is 0 Å². The number of hydrogen-bond donors (Lipinski definition) is 0. The van der Waals surface area contributed by atoms with Gasteiger partial charge >= 0.3 is 5.97 Å². The van der Waals surface area contributed by atoms with Gasteiger partial charge in [0.25, 0.3) is 0 Å². The molecule has 1 aliphatic rings. The van der Waals surface area contributed by atoms with Crippen molar-refractivity contribution in [2.45, 2.75) is 45.3 Å². The number of hydrogen-bond acceptors (Lipinski definition) is 6. The number of ether oxygens (including phenoxy) is 1. The molecule has 1 aromatic carbocycles. The molecule has 0 unspecified atom stereocenters. The van der Waals surface area contributed by atoms with Crippen LogP contribution in [0.4, 0.5) is 0 Å². The molecular formula is C16H18N4O3. The molecule has 23 heavy (non-hydrogen) atoms. The zero-order valence-corrected chi connectivity index (χ0v) is 12.9.